The molecule has 1 amide bonds. The average Bonchev–Trinajstić information content (AvgIpc) is 2.59. The molecule has 0 aromatic heterocycles. The van der Waals surface area contributed by atoms with E-state index in [2.05, 4.69) is 26.1 Å². The van der Waals surface area contributed by atoms with Crippen LogP contribution in [0.3, 0.4) is 0 Å². The van der Waals surface area contributed by atoms with Crippen molar-refractivity contribution in [1.82, 2.24) is 5.32 Å². The predicted octanol–water partition coefficient (Wildman–Crippen LogP) is 1.96. The van der Waals surface area contributed by atoms with E-state index in [0.717, 1.165) is 25.0 Å². The van der Waals surface area contributed by atoms with Gasteiger partial charge in [0.15, 0.2) is 0 Å². The van der Waals surface area contributed by atoms with Gasteiger partial charge in [-0.15, -0.1) is 0 Å². The first-order valence-electron chi connectivity index (χ1n) is 6.49. The first-order chi connectivity index (χ1) is 8.27. The third-order valence-electron chi connectivity index (χ3n) is 5.49. The fourth-order valence-electron chi connectivity index (χ4n) is 3.79. The molecular weight excluding hydrogens is 230 g/mol. The van der Waals surface area contributed by atoms with Crippen LogP contribution in [0.4, 0.5) is 0 Å². The van der Waals surface area contributed by atoms with Crippen molar-refractivity contribution in [3.05, 3.63) is 12.2 Å². The van der Waals surface area contributed by atoms with Crippen molar-refractivity contribution in [3.8, 4) is 0 Å². The van der Waals surface area contributed by atoms with E-state index in [0.29, 0.717) is 5.92 Å². The Balaban J connectivity index is 2.05. The van der Waals surface area contributed by atoms with Gasteiger partial charge in [0.05, 0.1) is 0 Å². The molecule has 2 aliphatic carbocycles. The summed E-state index contributed by atoms with van der Waals surface area (Å²) in [5, 5.41) is 11.5. The number of carbonyl (C=O) groups excluding carboxylic acids is 1. The van der Waals surface area contributed by atoms with Crippen molar-refractivity contribution >= 4 is 11.9 Å². The zero-order chi connectivity index (χ0) is 13.6. The van der Waals surface area contributed by atoms with Gasteiger partial charge in [-0.05, 0) is 36.0 Å². The van der Waals surface area contributed by atoms with Crippen LogP contribution in [0.1, 0.15) is 40.0 Å². The van der Waals surface area contributed by atoms with Gasteiger partial charge in [0, 0.05) is 18.2 Å². The Bertz CT molecular complexity index is 413. The van der Waals surface area contributed by atoms with Gasteiger partial charge in [0.2, 0.25) is 5.91 Å². The van der Waals surface area contributed by atoms with Gasteiger partial charge in [0.25, 0.3) is 0 Å². The van der Waals surface area contributed by atoms with E-state index in [4.69, 9.17) is 5.11 Å². The molecule has 4 nitrogen and oxygen atoms in total. The number of hydrogen-bond acceptors (Lipinski definition) is 2. The third kappa shape index (κ3) is 1.84. The molecule has 2 aliphatic rings. The Morgan fingerprint density at radius 2 is 1.94 bits per heavy atom. The second-order valence-corrected chi connectivity index (χ2v) is 6.34. The van der Waals surface area contributed by atoms with Crippen LogP contribution in [0.15, 0.2) is 12.2 Å². The number of hydrogen-bond donors (Lipinski definition) is 2. The topological polar surface area (TPSA) is 66.4 Å². The van der Waals surface area contributed by atoms with Crippen LogP contribution in [0.25, 0.3) is 0 Å². The first kappa shape index (κ1) is 13.1. The van der Waals surface area contributed by atoms with Crippen LogP contribution in [-0.2, 0) is 9.59 Å². The van der Waals surface area contributed by atoms with Crippen LogP contribution in [-0.4, -0.2) is 23.0 Å². The summed E-state index contributed by atoms with van der Waals surface area (Å²) in [6.45, 7) is 6.81. The van der Waals surface area contributed by atoms with Gasteiger partial charge < -0.3 is 10.4 Å². The number of rotatable bonds is 3. The van der Waals surface area contributed by atoms with Crippen molar-refractivity contribution < 1.29 is 14.7 Å². The highest BCUT2D eigenvalue weighted by atomic mass is 16.4. The highest BCUT2D eigenvalue weighted by Gasteiger charge is 2.61. The zero-order valence-corrected chi connectivity index (χ0v) is 11.2. The molecule has 4 heteroatoms. The van der Waals surface area contributed by atoms with E-state index in [-0.39, 0.29) is 22.8 Å². The summed E-state index contributed by atoms with van der Waals surface area (Å²) < 4.78 is 0. The summed E-state index contributed by atoms with van der Waals surface area (Å²) in [6, 6.07) is 0.164. The second kappa shape index (κ2) is 4.11. The van der Waals surface area contributed by atoms with E-state index in [9.17, 15) is 9.59 Å². The summed E-state index contributed by atoms with van der Waals surface area (Å²) >= 11 is 0. The van der Waals surface area contributed by atoms with Gasteiger partial charge in [-0.2, -0.15) is 0 Å². The number of carboxylic acids is 1. The Morgan fingerprint density at radius 3 is 2.39 bits per heavy atom. The van der Waals surface area contributed by atoms with Crippen LogP contribution < -0.4 is 5.32 Å². The molecule has 0 radical (unpaired) electrons. The molecule has 0 spiro atoms. The Labute approximate surface area is 107 Å². The standard InChI is InChI=1S/C14H21NO3/c1-13(2)9-6-7-14(13,3)10(8-9)15-11(16)4-5-12(17)18/h4-5,9-10H,6-8H2,1-3H3,(H,15,16)(H,17,18)/b5-4+. The summed E-state index contributed by atoms with van der Waals surface area (Å²) in [6.07, 6.45) is 5.37. The van der Waals surface area contributed by atoms with Crippen LogP contribution >= 0.6 is 0 Å². The number of carbonyl (C=O) groups is 2. The van der Waals surface area contributed by atoms with Crippen molar-refractivity contribution in [2.45, 2.75) is 46.1 Å². The minimum absolute atomic E-state index is 0.129. The normalized spacial score (nSPS) is 37.1. The molecule has 3 unspecified atom stereocenters. The summed E-state index contributed by atoms with van der Waals surface area (Å²) in [5.41, 5.74) is 0.381. The molecule has 100 valence electrons. The maximum atomic E-state index is 11.7. The highest BCUT2D eigenvalue weighted by molar-refractivity contribution is 5.94. The van der Waals surface area contributed by atoms with E-state index in [1.54, 1.807) is 0 Å². The molecule has 2 rings (SSSR count). The lowest BCUT2D eigenvalue weighted by Gasteiger charge is -2.39. The molecule has 2 bridgehead atoms. The Kier molecular flexibility index (Phi) is 2.99. The van der Waals surface area contributed by atoms with Crippen molar-refractivity contribution in [1.29, 1.82) is 0 Å². The minimum Gasteiger partial charge on any atom is -0.478 e. The van der Waals surface area contributed by atoms with E-state index < -0.39 is 5.97 Å². The van der Waals surface area contributed by atoms with Crippen LogP contribution in [0.2, 0.25) is 0 Å². The number of aliphatic carboxylic acids is 1. The van der Waals surface area contributed by atoms with Crippen LogP contribution in [0.5, 0.6) is 0 Å². The number of nitrogens with one attached hydrogen (secondary N) is 1. The molecule has 0 saturated heterocycles. The lowest BCUT2D eigenvalue weighted by atomic mass is 9.69. The maximum absolute atomic E-state index is 11.7. The van der Waals surface area contributed by atoms with E-state index in [1.165, 1.54) is 6.42 Å². The summed E-state index contributed by atoms with van der Waals surface area (Å²) in [7, 11) is 0. The summed E-state index contributed by atoms with van der Waals surface area (Å²) in [4.78, 5) is 22.0. The maximum Gasteiger partial charge on any atom is 0.328 e. The molecule has 18 heavy (non-hydrogen) atoms. The smallest absolute Gasteiger partial charge is 0.328 e. The molecule has 0 heterocycles. The number of carboxylic acid groups (broad SMARTS) is 1. The Hall–Kier alpha value is -1.32. The quantitative estimate of drug-likeness (QED) is 0.753. The molecule has 2 N–H and O–H groups in total. The van der Waals surface area contributed by atoms with Crippen LogP contribution in [0, 0.1) is 16.7 Å². The summed E-state index contributed by atoms with van der Waals surface area (Å²) in [5.74, 6) is -0.729. The zero-order valence-electron chi connectivity index (χ0n) is 11.2. The third-order valence-corrected chi connectivity index (χ3v) is 5.49. The average molecular weight is 251 g/mol. The monoisotopic (exact) mass is 251 g/mol. The lowest BCUT2D eigenvalue weighted by Crippen LogP contribution is -2.46. The lowest BCUT2D eigenvalue weighted by molar-refractivity contribution is -0.131. The minimum atomic E-state index is -1.09. The molecule has 0 aliphatic heterocycles. The van der Waals surface area contributed by atoms with Gasteiger partial charge in [-0.25, -0.2) is 4.79 Å². The van der Waals surface area contributed by atoms with E-state index >= 15 is 0 Å². The van der Waals surface area contributed by atoms with Gasteiger partial charge in [-0.3, -0.25) is 4.79 Å². The van der Waals surface area contributed by atoms with E-state index in [1.807, 2.05) is 0 Å². The van der Waals surface area contributed by atoms with Crippen molar-refractivity contribution in [2.75, 3.05) is 0 Å². The van der Waals surface area contributed by atoms with Crippen molar-refractivity contribution in [2.24, 2.45) is 16.7 Å². The first-order valence-corrected chi connectivity index (χ1v) is 6.49. The van der Waals surface area contributed by atoms with Gasteiger partial charge >= 0.3 is 5.97 Å². The number of amides is 1. The largest absolute Gasteiger partial charge is 0.478 e. The van der Waals surface area contributed by atoms with Gasteiger partial charge in [-0.1, -0.05) is 20.8 Å². The van der Waals surface area contributed by atoms with Gasteiger partial charge in [0.1, 0.15) is 0 Å². The molecule has 3 atom stereocenters. The Morgan fingerprint density at radius 1 is 1.28 bits per heavy atom. The van der Waals surface area contributed by atoms with Crippen molar-refractivity contribution in [3.63, 3.8) is 0 Å². The molecule has 2 saturated carbocycles. The molecule has 0 aromatic carbocycles. The number of fused-ring (bicyclic) bond motifs is 2. The fraction of sp³-hybridized carbons (Fsp3) is 0.714. The second-order valence-electron chi connectivity index (χ2n) is 6.34. The molecule has 0 aromatic rings. The highest BCUT2D eigenvalue weighted by Crippen LogP contribution is 2.65. The molecular formula is C14H21NO3. The SMILES string of the molecule is CC1(C)C2CCC1(C)C(NC(=O)/C=C/C(=O)O)C2. The predicted molar refractivity (Wildman–Crippen MR) is 67.9 cm³/mol. The molecule has 2 fully saturated rings. The fourth-order valence-corrected chi connectivity index (χ4v) is 3.79.